The summed E-state index contributed by atoms with van der Waals surface area (Å²) in [5.41, 5.74) is 0.400. The molecule has 1 unspecified atom stereocenters. The molecule has 3 rings (SSSR count). The van der Waals surface area contributed by atoms with E-state index in [9.17, 15) is 4.79 Å². The molecular weight excluding hydrogens is 244 g/mol. The molecule has 1 N–H and O–H groups in total. The average Bonchev–Trinajstić information content (AvgIpc) is 3.02. The second-order valence-corrected chi connectivity index (χ2v) is 5.47. The van der Waals surface area contributed by atoms with E-state index in [-0.39, 0.29) is 12.0 Å². The van der Waals surface area contributed by atoms with Gasteiger partial charge in [0.25, 0.3) is 5.91 Å². The molecule has 6 nitrogen and oxygen atoms in total. The average molecular weight is 264 g/mol. The highest BCUT2D eigenvalue weighted by Crippen LogP contribution is 2.27. The highest BCUT2D eigenvalue weighted by Gasteiger charge is 2.20. The fourth-order valence-corrected chi connectivity index (χ4v) is 2.53. The van der Waals surface area contributed by atoms with Gasteiger partial charge < -0.3 is 10.1 Å². The molecule has 1 saturated carbocycles. The summed E-state index contributed by atoms with van der Waals surface area (Å²) in [6, 6.07) is 0. The van der Waals surface area contributed by atoms with Gasteiger partial charge in [0, 0.05) is 19.7 Å². The van der Waals surface area contributed by atoms with Crippen LogP contribution in [-0.4, -0.2) is 40.2 Å². The molecule has 2 aliphatic rings. The lowest BCUT2D eigenvalue weighted by atomic mass is 9.85. The zero-order chi connectivity index (χ0) is 13.1. The fraction of sp³-hybridized carbons (Fsp3) is 0.769. The molecule has 1 aliphatic heterocycles. The van der Waals surface area contributed by atoms with E-state index in [1.165, 1.54) is 19.3 Å². The van der Waals surface area contributed by atoms with E-state index >= 15 is 0 Å². The van der Waals surface area contributed by atoms with E-state index in [0.717, 1.165) is 26.0 Å². The lowest BCUT2D eigenvalue weighted by Crippen LogP contribution is -2.32. The number of aromatic nitrogens is 3. The van der Waals surface area contributed by atoms with E-state index in [0.29, 0.717) is 18.2 Å². The quantitative estimate of drug-likeness (QED) is 0.861. The van der Waals surface area contributed by atoms with Gasteiger partial charge in [0.1, 0.15) is 0 Å². The first-order chi connectivity index (χ1) is 9.31. The number of nitrogens with zero attached hydrogens (tertiary/aromatic N) is 3. The first-order valence-electron chi connectivity index (χ1n) is 7.11. The van der Waals surface area contributed by atoms with Crippen molar-refractivity contribution in [3.63, 3.8) is 0 Å². The Morgan fingerprint density at radius 2 is 2.32 bits per heavy atom. The number of ether oxygens (including phenoxy) is 1. The van der Waals surface area contributed by atoms with Crippen LogP contribution in [0.15, 0.2) is 6.20 Å². The highest BCUT2D eigenvalue weighted by atomic mass is 16.5. The second kappa shape index (κ2) is 5.69. The Balaban J connectivity index is 1.48. The Kier molecular flexibility index (Phi) is 3.77. The van der Waals surface area contributed by atoms with Crippen molar-refractivity contribution in [1.29, 1.82) is 0 Å². The van der Waals surface area contributed by atoms with Gasteiger partial charge in [-0.05, 0) is 31.6 Å². The van der Waals surface area contributed by atoms with Gasteiger partial charge in [0.05, 0.1) is 12.3 Å². The standard InChI is InChI=1S/C13H20N4O2/c18-13(14-7-11-5-2-6-19-11)12-9-17(16-15-12)8-10-3-1-4-10/h9-11H,1-8H2,(H,14,18). The van der Waals surface area contributed by atoms with Crippen molar-refractivity contribution in [2.45, 2.75) is 44.8 Å². The van der Waals surface area contributed by atoms with Gasteiger partial charge in [-0.3, -0.25) is 9.48 Å². The molecule has 1 aromatic rings. The van der Waals surface area contributed by atoms with Crippen molar-refractivity contribution >= 4 is 5.91 Å². The third-order valence-corrected chi connectivity index (χ3v) is 3.96. The summed E-state index contributed by atoms with van der Waals surface area (Å²) in [6.45, 7) is 2.25. The predicted molar refractivity (Wildman–Crippen MR) is 68.7 cm³/mol. The Morgan fingerprint density at radius 3 is 3.00 bits per heavy atom. The molecule has 1 aliphatic carbocycles. The van der Waals surface area contributed by atoms with Gasteiger partial charge in [-0.2, -0.15) is 0 Å². The third-order valence-electron chi connectivity index (χ3n) is 3.96. The van der Waals surface area contributed by atoms with Crippen LogP contribution in [0.4, 0.5) is 0 Å². The van der Waals surface area contributed by atoms with Crippen molar-refractivity contribution < 1.29 is 9.53 Å². The van der Waals surface area contributed by atoms with Gasteiger partial charge in [-0.25, -0.2) is 0 Å². The van der Waals surface area contributed by atoms with Crippen LogP contribution < -0.4 is 5.32 Å². The van der Waals surface area contributed by atoms with Crippen LogP contribution in [0.3, 0.4) is 0 Å². The van der Waals surface area contributed by atoms with E-state index < -0.39 is 0 Å². The van der Waals surface area contributed by atoms with E-state index in [1.54, 1.807) is 10.9 Å². The van der Waals surface area contributed by atoms with Crippen molar-refractivity contribution in [3.05, 3.63) is 11.9 Å². The van der Waals surface area contributed by atoms with Gasteiger partial charge >= 0.3 is 0 Å². The molecule has 1 atom stereocenters. The van der Waals surface area contributed by atoms with Crippen molar-refractivity contribution in [1.82, 2.24) is 20.3 Å². The predicted octanol–water partition coefficient (Wildman–Crippen LogP) is 0.987. The van der Waals surface area contributed by atoms with E-state index in [4.69, 9.17) is 4.74 Å². The maximum atomic E-state index is 11.9. The van der Waals surface area contributed by atoms with Gasteiger partial charge in [-0.1, -0.05) is 11.6 Å². The molecule has 1 saturated heterocycles. The molecule has 2 fully saturated rings. The molecule has 1 aromatic heterocycles. The van der Waals surface area contributed by atoms with E-state index in [2.05, 4.69) is 15.6 Å². The topological polar surface area (TPSA) is 69.0 Å². The molecule has 0 bridgehead atoms. The molecule has 19 heavy (non-hydrogen) atoms. The molecular formula is C13H20N4O2. The largest absolute Gasteiger partial charge is 0.376 e. The first-order valence-corrected chi connectivity index (χ1v) is 7.11. The molecule has 6 heteroatoms. The van der Waals surface area contributed by atoms with Crippen LogP contribution in [0.1, 0.15) is 42.6 Å². The van der Waals surface area contributed by atoms with Crippen molar-refractivity contribution in [2.75, 3.05) is 13.2 Å². The summed E-state index contributed by atoms with van der Waals surface area (Å²) in [5, 5.41) is 10.8. The Morgan fingerprint density at radius 1 is 1.42 bits per heavy atom. The Bertz CT molecular complexity index is 436. The summed E-state index contributed by atoms with van der Waals surface area (Å²) >= 11 is 0. The van der Waals surface area contributed by atoms with Crippen LogP contribution in [0.25, 0.3) is 0 Å². The monoisotopic (exact) mass is 264 g/mol. The lowest BCUT2D eigenvalue weighted by Gasteiger charge is -2.24. The Labute approximate surface area is 112 Å². The summed E-state index contributed by atoms with van der Waals surface area (Å²) in [7, 11) is 0. The molecule has 0 radical (unpaired) electrons. The normalized spacial score (nSPS) is 23.3. The summed E-state index contributed by atoms with van der Waals surface area (Å²) in [4.78, 5) is 11.9. The van der Waals surface area contributed by atoms with Gasteiger partial charge in [0.15, 0.2) is 5.69 Å². The smallest absolute Gasteiger partial charge is 0.273 e. The van der Waals surface area contributed by atoms with E-state index in [1.807, 2.05) is 0 Å². The minimum Gasteiger partial charge on any atom is -0.376 e. The minimum absolute atomic E-state index is 0.157. The highest BCUT2D eigenvalue weighted by molar-refractivity contribution is 5.91. The van der Waals surface area contributed by atoms with Crippen LogP contribution in [0, 0.1) is 5.92 Å². The number of carbonyl (C=O) groups excluding carboxylic acids is 1. The summed E-state index contributed by atoms with van der Waals surface area (Å²) in [5.74, 6) is 0.555. The molecule has 104 valence electrons. The summed E-state index contributed by atoms with van der Waals surface area (Å²) in [6.07, 6.45) is 7.85. The minimum atomic E-state index is -0.157. The second-order valence-electron chi connectivity index (χ2n) is 5.47. The summed E-state index contributed by atoms with van der Waals surface area (Å²) < 4.78 is 7.25. The van der Waals surface area contributed by atoms with Crippen LogP contribution in [-0.2, 0) is 11.3 Å². The fourth-order valence-electron chi connectivity index (χ4n) is 2.53. The number of amides is 1. The SMILES string of the molecule is O=C(NCC1CCCO1)c1cn(CC2CCC2)nn1. The van der Waals surface area contributed by atoms with Crippen LogP contribution >= 0.6 is 0 Å². The zero-order valence-corrected chi connectivity index (χ0v) is 11.0. The molecule has 2 heterocycles. The zero-order valence-electron chi connectivity index (χ0n) is 11.0. The Hall–Kier alpha value is -1.43. The third kappa shape index (κ3) is 3.12. The molecule has 0 aromatic carbocycles. The van der Waals surface area contributed by atoms with Crippen molar-refractivity contribution in [3.8, 4) is 0 Å². The van der Waals surface area contributed by atoms with Gasteiger partial charge in [-0.15, -0.1) is 5.10 Å². The van der Waals surface area contributed by atoms with Crippen LogP contribution in [0.2, 0.25) is 0 Å². The maximum Gasteiger partial charge on any atom is 0.273 e. The number of rotatable bonds is 5. The lowest BCUT2D eigenvalue weighted by molar-refractivity contribution is 0.0853. The van der Waals surface area contributed by atoms with Crippen LogP contribution in [0.5, 0.6) is 0 Å². The number of hydrogen-bond acceptors (Lipinski definition) is 4. The number of carbonyl (C=O) groups is 1. The first kappa shape index (κ1) is 12.6. The molecule has 0 spiro atoms. The van der Waals surface area contributed by atoms with Crippen molar-refractivity contribution in [2.24, 2.45) is 5.92 Å². The number of hydrogen-bond donors (Lipinski definition) is 1. The number of nitrogens with one attached hydrogen (secondary N) is 1. The van der Waals surface area contributed by atoms with Gasteiger partial charge in [0.2, 0.25) is 0 Å². The molecule has 1 amide bonds. The maximum absolute atomic E-state index is 11.9.